The SMILES string of the molecule is Cc1ccc(-c2ncc(C(=O)N3CCCCC3)c(Oc3ccc4c(c3)OCO4)n2)cc1. The monoisotopic (exact) mass is 417 g/mol. The van der Waals surface area contributed by atoms with Crippen molar-refractivity contribution in [1.82, 2.24) is 14.9 Å². The molecule has 1 fully saturated rings. The van der Waals surface area contributed by atoms with Crippen LogP contribution in [0.15, 0.2) is 48.7 Å². The van der Waals surface area contributed by atoms with Gasteiger partial charge in [0.15, 0.2) is 17.3 Å². The summed E-state index contributed by atoms with van der Waals surface area (Å²) >= 11 is 0. The topological polar surface area (TPSA) is 73.8 Å². The average molecular weight is 417 g/mol. The second-order valence-corrected chi connectivity index (χ2v) is 7.75. The van der Waals surface area contributed by atoms with Crippen LogP contribution < -0.4 is 14.2 Å². The lowest BCUT2D eigenvalue weighted by Crippen LogP contribution is -2.36. The van der Waals surface area contributed by atoms with Gasteiger partial charge in [0.2, 0.25) is 12.7 Å². The predicted octanol–water partition coefficient (Wildman–Crippen LogP) is 4.60. The molecule has 158 valence electrons. The molecule has 7 heteroatoms. The molecular weight excluding hydrogens is 394 g/mol. The summed E-state index contributed by atoms with van der Waals surface area (Å²) in [6.45, 7) is 3.69. The normalized spacial score (nSPS) is 15.1. The first kappa shape index (κ1) is 19.4. The lowest BCUT2D eigenvalue weighted by molar-refractivity contribution is 0.0720. The maximum absolute atomic E-state index is 13.2. The number of hydrogen-bond donors (Lipinski definition) is 0. The van der Waals surface area contributed by atoms with Crippen molar-refractivity contribution in [2.45, 2.75) is 26.2 Å². The van der Waals surface area contributed by atoms with Crippen molar-refractivity contribution in [3.63, 3.8) is 0 Å². The van der Waals surface area contributed by atoms with Gasteiger partial charge >= 0.3 is 0 Å². The number of ether oxygens (including phenoxy) is 3. The van der Waals surface area contributed by atoms with E-state index < -0.39 is 0 Å². The van der Waals surface area contributed by atoms with E-state index in [1.54, 1.807) is 24.4 Å². The molecule has 0 unspecified atom stereocenters. The molecule has 1 aromatic heterocycles. The van der Waals surface area contributed by atoms with Gasteiger partial charge in [-0.2, -0.15) is 4.98 Å². The van der Waals surface area contributed by atoms with Crippen LogP contribution in [0.1, 0.15) is 35.2 Å². The Morgan fingerprint density at radius 2 is 1.77 bits per heavy atom. The number of fused-ring (bicyclic) bond motifs is 1. The number of rotatable bonds is 4. The molecule has 1 saturated heterocycles. The smallest absolute Gasteiger partial charge is 0.260 e. The van der Waals surface area contributed by atoms with Crippen LogP contribution in [0.5, 0.6) is 23.1 Å². The van der Waals surface area contributed by atoms with E-state index in [1.165, 1.54) is 0 Å². The van der Waals surface area contributed by atoms with Gasteiger partial charge in [0.05, 0.1) is 0 Å². The van der Waals surface area contributed by atoms with E-state index in [2.05, 4.69) is 9.97 Å². The zero-order valence-corrected chi connectivity index (χ0v) is 17.3. The number of likely N-dealkylation sites (tertiary alicyclic amines) is 1. The summed E-state index contributed by atoms with van der Waals surface area (Å²) in [5.74, 6) is 2.43. The van der Waals surface area contributed by atoms with Gasteiger partial charge < -0.3 is 19.1 Å². The Bertz CT molecular complexity index is 1110. The number of benzene rings is 2. The van der Waals surface area contributed by atoms with Crippen molar-refractivity contribution in [3.8, 4) is 34.5 Å². The van der Waals surface area contributed by atoms with Crippen LogP contribution in [0.3, 0.4) is 0 Å². The van der Waals surface area contributed by atoms with E-state index in [4.69, 9.17) is 14.2 Å². The molecule has 3 heterocycles. The molecule has 31 heavy (non-hydrogen) atoms. The van der Waals surface area contributed by atoms with Crippen molar-refractivity contribution in [3.05, 3.63) is 59.8 Å². The molecule has 0 atom stereocenters. The molecule has 7 nitrogen and oxygen atoms in total. The highest BCUT2D eigenvalue weighted by Gasteiger charge is 2.25. The molecule has 0 aliphatic carbocycles. The summed E-state index contributed by atoms with van der Waals surface area (Å²) in [6, 6.07) is 13.2. The Morgan fingerprint density at radius 3 is 2.58 bits per heavy atom. The third kappa shape index (κ3) is 4.03. The summed E-state index contributed by atoms with van der Waals surface area (Å²) in [6.07, 6.45) is 4.73. The molecule has 3 aromatic rings. The van der Waals surface area contributed by atoms with Crippen LogP contribution in [0.2, 0.25) is 0 Å². The van der Waals surface area contributed by atoms with Crippen molar-refractivity contribution in [2.24, 2.45) is 0 Å². The van der Waals surface area contributed by atoms with Gasteiger partial charge in [0, 0.05) is 30.9 Å². The number of hydrogen-bond acceptors (Lipinski definition) is 6. The van der Waals surface area contributed by atoms with E-state index in [0.29, 0.717) is 28.6 Å². The highest BCUT2D eigenvalue weighted by atomic mass is 16.7. The zero-order valence-electron chi connectivity index (χ0n) is 17.3. The summed E-state index contributed by atoms with van der Waals surface area (Å²) in [5.41, 5.74) is 2.37. The van der Waals surface area contributed by atoms with Gasteiger partial charge in [0.25, 0.3) is 5.91 Å². The van der Waals surface area contributed by atoms with Crippen LogP contribution >= 0.6 is 0 Å². The minimum atomic E-state index is -0.106. The van der Waals surface area contributed by atoms with E-state index in [-0.39, 0.29) is 18.6 Å². The molecule has 2 aliphatic heterocycles. The fourth-order valence-corrected chi connectivity index (χ4v) is 3.75. The molecule has 0 N–H and O–H groups in total. The van der Waals surface area contributed by atoms with E-state index in [9.17, 15) is 4.79 Å². The zero-order chi connectivity index (χ0) is 21.2. The van der Waals surface area contributed by atoms with Crippen molar-refractivity contribution >= 4 is 5.91 Å². The van der Waals surface area contributed by atoms with Crippen molar-refractivity contribution in [2.75, 3.05) is 19.9 Å². The van der Waals surface area contributed by atoms with E-state index in [0.717, 1.165) is 43.5 Å². The molecule has 2 aliphatic rings. The van der Waals surface area contributed by atoms with Gasteiger partial charge in [0.1, 0.15) is 11.3 Å². The van der Waals surface area contributed by atoms with Crippen molar-refractivity contribution < 1.29 is 19.0 Å². The molecule has 0 bridgehead atoms. The third-order valence-electron chi connectivity index (χ3n) is 5.50. The highest BCUT2D eigenvalue weighted by molar-refractivity contribution is 5.96. The second-order valence-electron chi connectivity index (χ2n) is 7.75. The number of carbonyl (C=O) groups excluding carboxylic acids is 1. The Morgan fingerprint density at radius 1 is 1.00 bits per heavy atom. The van der Waals surface area contributed by atoms with Gasteiger partial charge in [-0.1, -0.05) is 29.8 Å². The molecular formula is C24H23N3O4. The Hall–Kier alpha value is -3.61. The number of nitrogens with zero attached hydrogens (tertiary/aromatic N) is 3. The summed E-state index contributed by atoms with van der Waals surface area (Å²) in [7, 11) is 0. The Labute approximate surface area is 180 Å². The molecule has 2 aromatic carbocycles. The first-order valence-electron chi connectivity index (χ1n) is 10.5. The third-order valence-corrected chi connectivity index (χ3v) is 5.50. The molecule has 5 rings (SSSR count). The summed E-state index contributed by atoms with van der Waals surface area (Å²) in [4.78, 5) is 24.2. The summed E-state index contributed by atoms with van der Waals surface area (Å²) < 4.78 is 16.9. The summed E-state index contributed by atoms with van der Waals surface area (Å²) in [5, 5.41) is 0. The standard InChI is InChI=1S/C24H23N3O4/c1-16-5-7-17(8-6-16)22-25-14-19(24(28)27-11-3-2-4-12-27)23(26-22)31-18-9-10-20-21(13-18)30-15-29-20/h5-10,13-14H,2-4,11-12,15H2,1H3. The van der Waals surface area contributed by atoms with Gasteiger partial charge in [-0.25, -0.2) is 4.98 Å². The number of aryl methyl sites for hydroxylation is 1. The van der Waals surface area contributed by atoms with Crippen LogP contribution in [0.4, 0.5) is 0 Å². The lowest BCUT2D eigenvalue weighted by Gasteiger charge is -2.27. The molecule has 0 spiro atoms. The quantitative estimate of drug-likeness (QED) is 0.618. The van der Waals surface area contributed by atoms with Crippen LogP contribution in [0.25, 0.3) is 11.4 Å². The first-order valence-corrected chi connectivity index (χ1v) is 10.5. The average Bonchev–Trinajstić information content (AvgIpc) is 3.28. The fourth-order valence-electron chi connectivity index (χ4n) is 3.75. The number of aromatic nitrogens is 2. The largest absolute Gasteiger partial charge is 0.454 e. The number of piperidine rings is 1. The fraction of sp³-hybridized carbons (Fsp3) is 0.292. The van der Waals surface area contributed by atoms with E-state index >= 15 is 0 Å². The molecule has 1 amide bonds. The van der Waals surface area contributed by atoms with Gasteiger partial charge in [-0.05, 0) is 38.3 Å². The molecule has 0 radical (unpaired) electrons. The first-order chi connectivity index (χ1) is 15.2. The van der Waals surface area contributed by atoms with Crippen LogP contribution in [0, 0.1) is 6.92 Å². The van der Waals surface area contributed by atoms with E-state index in [1.807, 2.05) is 36.1 Å². The maximum Gasteiger partial charge on any atom is 0.260 e. The van der Waals surface area contributed by atoms with Crippen LogP contribution in [-0.4, -0.2) is 40.7 Å². The number of amides is 1. The van der Waals surface area contributed by atoms with Crippen molar-refractivity contribution in [1.29, 1.82) is 0 Å². The maximum atomic E-state index is 13.2. The highest BCUT2D eigenvalue weighted by Crippen LogP contribution is 2.37. The van der Waals surface area contributed by atoms with Gasteiger partial charge in [-0.3, -0.25) is 4.79 Å². The second kappa shape index (κ2) is 8.26. The van der Waals surface area contributed by atoms with Crippen LogP contribution in [-0.2, 0) is 0 Å². The Balaban J connectivity index is 1.52. The minimum Gasteiger partial charge on any atom is -0.454 e. The van der Waals surface area contributed by atoms with Gasteiger partial charge in [-0.15, -0.1) is 0 Å². The minimum absolute atomic E-state index is 0.106. The lowest BCUT2D eigenvalue weighted by atomic mass is 10.1. The molecule has 0 saturated carbocycles. The Kier molecular flexibility index (Phi) is 5.16. The predicted molar refractivity (Wildman–Crippen MR) is 115 cm³/mol. The number of carbonyl (C=O) groups is 1.